The van der Waals surface area contributed by atoms with Crippen LogP contribution in [0.25, 0.3) is 6.08 Å². The maximum absolute atomic E-state index is 12.2. The van der Waals surface area contributed by atoms with Gasteiger partial charge in [-0.3, -0.25) is 4.79 Å². The highest BCUT2D eigenvalue weighted by molar-refractivity contribution is 6.11. The number of hydrogen-bond donors (Lipinski definition) is 1. The van der Waals surface area contributed by atoms with Gasteiger partial charge in [-0.1, -0.05) is 23.8 Å². The van der Waals surface area contributed by atoms with E-state index in [1.165, 1.54) is 11.6 Å². The molecule has 0 saturated heterocycles. The van der Waals surface area contributed by atoms with Crippen LogP contribution in [0.2, 0.25) is 0 Å². The molecule has 0 aliphatic heterocycles. The summed E-state index contributed by atoms with van der Waals surface area (Å²) in [6.45, 7) is 11.5. The molecule has 0 aromatic heterocycles. The lowest BCUT2D eigenvalue weighted by Gasteiger charge is -2.22. The monoisotopic (exact) mass is 327 g/mol. The summed E-state index contributed by atoms with van der Waals surface area (Å²) in [5.41, 5.74) is 4.39. The Balaban J connectivity index is 2.28. The number of nitrogens with one attached hydrogen (secondary N) is 1. The first kappa shape index (κ1) is 18.0. The van der Waals surface area contributed by atoms with E-state index in [0.29, 0.717) is 5.57 Å². The van der Waals surface area contributed by atoms with Gasteiger partial charge in [0.1, 0.15) is 5.60 Å². The van der Waals surface area contributed by atoms with Crippen LogP contribution in [0.4, 0.5) is 4.79 Å². The zero-order valence-corrected chi connectivity index (χ0v) is 15.2. The van der Waals surface area contributed by atoms with Gasteiger partial charge in [-0.05, 0) is 70.4 Å². The largest absolute Gasteiger partial charge is 0.444 e. The van der Waals surface area contributed by atoms with Crippen molar-refractivity contribution in [1.82, 2.24) is 5.32 Å². The summed E-state index contributed by atoms with van der Waals surface area (Å²) in [6, 6.07) is 3.71. The minimum Gasteiger partial charge on any atom is -0.444 e. The number of benzene rings is 1. The van der Waals surface area contributed by atoms with Crippen molar-refractivity contribution in [2.24, 2.45) is 0 Å². The van der Waals surface area contributed by atoms with Gasteiger partial charge in [-0.25, -0.2) is 4.79 Å². The number of ether oxygens (including phenoxy) is 1. The minimum absolute atomic E-state index is 0.0876. The fourth-order valence-electron chi connectivity index (χ4n) is 2.83. The molecule has 2 rings (SSSR count). The molecule has 128 valence electrons. The summed E-state index contributed by atoms with van der Waals surface area (Å²) in [6.07, 6.45) is 4.52. The zero-order chi connectivity index (χ0) is 18.1. The van der Waals surface area contributed by atoms with Gasteiger partial charge in [0.2, 0.25) is 0 Å². The number of aryl methyl sites for hydroxylation is 3. The lowest BCUT2D eigenvalue weighted by molar-refractivity contribution is -0.111. The van der Waals surface area contributed by atoms with Crippen molar-refractivity contribution in [1.29, 1.82) is 0 Å². The Morgan fingerprint density at radius 3 is 2.29 bits per heavy atom. The zero-order valence-electron chi connectivity index (χ0n) is 15.2. The topological polar surface area (TPSA) is 55.4 Å². The molecule has 1 atom stereocenters. The molecule has 1 N–H and O–H groups in total. The van der Waals surface area contributed by atoms with Crippen LogP contribution in [0, 0.1) is 20.8 Å². The molecule has 0 spiro atoms. The van der Waals surface area contributed by atoms with Crippen molar-refractivity contribution >= 4 is 18.0 Å². The Bertz CT molecular complexity index is 713. The summed E-state index contributed by atoms with van der Waals surface area (Å²) >= 11 is 0. The highest BCUT2D eigenvalue weighted by atomic mass is 16.6. The van der Waals surface area contributed by atoms with Crippen molar-refractivity contribution in [2.45, 2.75) is 53.2 Å². The number of alkyl carbamates (subject to hydrolysis) is 1. The Morgan fingerprint density at radius 1 is 1.17 bits per heavy atom. The molecule has 4 heteroatoms. The summed E-state index contributed by atoms with van der Waals surface area (Å²) in [5.74, 6) is -0.0876. The molecule has 0 heterocycles. The lowest BCUT2D eigenvalue weighted by Crippen LogP contribution is -2.38. The molecular weight excluding hydrogens is 302 g/mol. The predicted molar refractivity (Wildman–Crippen MR) is 95.9 cm³/mol. The van der Waals surface area contributed by atoms with Crippen LogP contribution in [-0.2, 0) is 9.53 Å². The van der Waals surface area contributed by atoms with E-state index in [1.54, 1.807) is 26.8 Å². The second-order valence-electron chi connectivity index (χ2n) is 7.26. The number of rotatable bonds is 2. The van der Waals surface area contributed by atoms with Gasteiger partial charge in [-0.2, -0.15) is 0 Å². The average molecular weight is 327 g/mol. The number of hydrogen-bond acceptors (Lipinski definition) is 3. The van der Waals surface area contributed by atoms with Crippen LogP contribution in [0.3, 0.4) is 0 Å². The SMILES string of the molecule is Cc1cc(C)c(C=C2C(=O)C=C[C@@H]2NC(=O)OC(C)(C)C)c(C)c1. The predicted octanol–water partition coefficient (Wildman–Crippen LogP) is 4.03. The van der Waals surface area contributed by atoms with E-state index in [1.807, 2.05) is 26.8 Å². The minimum atomic E-state index is -0.579. The quantitative estimate of drug-likeness (QED) is 0.835. The maximum Gasteiger partial charge on any atom is 0.408 e. The maximum atomic E-state index is 12.2. The molecule has 1 aromatic carbocycles. The van der Waals surface area contributed by atoms with Gasteiger partial charge < -0.3 is 10.1 Å². The van der Waals surface area contributed by atoms with Crippen LogP contribution in [0.1, 0.15) is 43.0 Å². The molecule has 1 aliphatic rings. The van der Waals surface area contributed by atoms with Gasteiger partial charge >= 0.3 is 6.09 Å². The van der Waals surface area contributed by atoms with Gasteiger partial charge in [0.25, 0.3) is 0 Å². The third-order valence-corrected chi connectivity index (χ3v) is 3.77. The number of carbonyl (C=O) groups is 2. The fourth-order valence-corrected chi connectivity index (χ4v) is 2.83. The van der Waals surface area contributed by atoms with Crippen LogP contribution < -0.4 is 5.32 Å². The highest BCUT2D eigenvalue weighted by Gasteiger charge is 2.27. The molecule has 0 bridgehead atoms. The first-order valence-electron chi connectivity index (χ1n) is 8.08. The van der Waals surface area contributed by atoms with Gasteiger partial charge in [-0.15, -0.1) is 0 Å². The van der Waals surface area contributed by atoms with E-state index < -0.39 is 17.7 Å². The van der Waals surface area contributed by atoms with Crippen LogP contribution in [0.5, 0.6) is 0 Å². The average Bonchev–Trinajstić information content (AvgIpc) is 2.72. The van der Waals surface area contributed by atoms with E-state index in [4.69, 9.17) is 4.74 Å². The first-order chi connectivity index (χ1) is 11.1. The first-order valence-corrected chi connectivity index (χ1v) is 8.08. The summed E-state index contributed by atoms with van der Waals surface area (Å²) in [5, 5.41) is 2.75. The van der Waals surface area contributed by atoms with Crippen LogP contribution in [0.15, 0.2) is 29.9 Å². The molecule has 4 nitrogen and oxygen atoms in total. The Hall–Kier alpha value is -2.36. The molecule has 1 aromatic rings. The molecule has 0 saturated carbocycles. The van der Waals surface area contributed by atoms with Crippen molar-refractivity contribution in [3.63, 3.8) is 0 Å². The van der Waals surface area contributed by atoms with Crippen LogP contribution >= 0.6 is 0 Å². The van der Waals surface area contributed by atoms with Gasteiger partial charge in [0, 0.05) is 5.57 Å². The molecule has 1 aliphatic carbocycles. The summed E-state index contributed by atoms with van der Waals surface area (Å²) in [7, 11) is 0. The van der Waals surface area contributed by atoms with E-state index in [2.05, 4.69) is 17.4 Å². The Kier molecular flexibility index (Phi) is 4.97. The molecule has 0 unspecified atom stereocenters. The van der Waals surface area contributed by atoms with Crippen molar-refractivity contribution in [3.8, 4) is 0 Å². The van der Waals surface area contributed by atoms with E-state index in [0.717, 1.165) is 16.7 Å². The molecule has 1 amide bonds. The van der Waals surface area contributed by atoms with Crippen molar-refractivity contribution in [3.05, 3.63) is 52.1 Å². The Labute approximate surface area is 143 Å². The Morgan fingerprint density at radius 2 is 1.75 bits per heavy atom. The number of allylic oxidation sites excluding steroid dienone is 1. The van der Waals surface area contributed by atoms with E-state index >= 15 is 0 Å². The second kappa shape index (κ2) is 6.63. The standard InChI is InChI=1S/C20H25NO3/c1-12-9-13(2)15(14(3)10-12)11-16-17(7-8-18(16)22)21-19(23)24-20(4,5)6/h7-11,17H,1-6H3,(H,21,23)/t17-/m0/s1. The second-order valence-corrected chi connectivity index (χ2v) is 7.26. The fraction of sp³-hybridized carbons (Fsp3) is 0.400. The number of carbonyl (C=O) groups excluding carboxylic acids is 2. The molecule has 24 heavy (non-hydrogen) atoms. The van der Waals surface area contributed by atoms with Crippen molar-refractivity contribution in [2.75, 3.05) is 0 Å². The summed E-state index contributed by atoms with van der Waals surface area (Å²) in [4.78, 5) is 24.2. The highest BCUT2D eigenvalue weighted by Crippen LogP contribution is 2.24. The third kappa shape index (κ3) is 4.34. The normalized spacial score (nSPS) is 19.0. The smallest absolute Gasteiger partial charge is 0.408 e. The van der Waals surface area contributed by atoms with E-state index in [-0.39, 0.29) is 5.78 Å². The van der Waals surface area contributed by atoms with Crippen molar-refractivity contribution < 1.29 is 14.3 Å². The summed E-state index contributed by atoms with van der Waals surface area (Å²) < 4.78 is 5.27. The number of amides is 1. The van der Waals surface area contributed by atoms with Gasteiger partial charge in [0.05, 0.1) is 6.04 Å². The third-order valence-electron chi connectivity index (χ3n) is 3.77. The molecule has 0 radical (unpaired) electrons. The van der Waals surface area contributed by atoms with E-state index in [9.17, 15) is 9.59 Å². The molecular formula is C20H25NO3. The van der Waals surface area contributed by atoms with Crippen LogP contribution in [-0.4, -0.2) is 23.5 Å². The molecule has 0 fully saturated rings. The number of ketones is 1. The lowest BCUT2D eigenvalue weighted by atomic mass is 9.96. The van der Waals surface area contributed by atoms with Gasteiger partial charge in [0.15, 0.2) is 5.78 Å².